The third-order valence-corrected chi connectivity index (χ3v) is 4.87. The first-order valence-corrected chi connectivity index (χ1v) is 9.68. The normalized spacial score (nSPS) is 15.6. The molecule has 1 N–H and O–H groups in total. The van der Waals surface area contributed by atoms with E-state index in [9.17, 15) is 4.79 Å². The average molecular weight is 384 g/mol. The largest absolute Gasteiger partial charge is 0.497 e. The standard InChI is InChI=1S/C22H28N2O4/c1-3-28-20-10-6-18(7-11-20)22(25)23-16-21(24-12-14-27-15-13-24)17-4-8-19(26-2)9-5-17/h4-11,21H,3,12-16H2,1-2H3,(H,23,25)/t21-/m1/s1. The van der Waals surface area contributed by atoms with Gasteiger partial charge in [0.2, 0.25) is 0 Å². The molecule has 6 nitrogen and oxygen atoms in total. The van der Waals surface area contributed by atoms with Gasteiger partial charge >= 0.3 is 0 Å². The highest BCUT2D eigenvalue weighted by atomic mass is 16.5. The molecule has 6 heteroatoms. The monoisotopic (exact) mass is 384 g/mol. The molecule has 2 aromatic carbocycles. The van der Waals surface area contributed by atoms with Crippen molar-refractivity contribution in [2.45, 2.75) is 13.0 Å². The van der Waals surface area contributed by atoms with Crippen LogP contribution in [0, 0.1) is 0 Å². The van der Waals surface area contributed by atoms with Crippen LogP contribution in [-0.4, -0.2) is 57.4 Å². The van der Waals surface area contributed by atoms with Gasteiger partial charge in [-0.25, -0.2) is 0 Å². The SMILES string of the molecule is CCOc1ccc(C(=O)NC[C@H](c2ccc(OC)cc2)N2CCOCC2)cc1. The molecule has 1 heterocycles. The lowest BCUT2D eigenvalue weighted by molar-refractivity contribution is 0.0162. The topological polar surface area (TPSA) is 60.0 Å². The number of carbonyl (C=O) groups is 1. The number of carbonyl (C=O) groups excluding carboxylic acids is 1. The van der Waals surface area contributed by atoms with Crippen LogP contribution in [-0.2, 0) is 4.74 Å². The summed E-state index contributed by atoms with van der Waals surface area (Å²) in [5.74, 6) is 1.50. The van der Waals surface area contributed by atoms with Gasteiger partial charge in [0.05, 0.1) is 33.0 Å². The second-order valence-corrected chi connectivity index (χ2v) is 6.60. The third-order valence-electron chi connectivity index (χ3n) is 4.87. The van der Waals surface area contributed by atoms with Gasteiger partial charge in [-0.2, -0.15) is 0 Å². The minimum atomic E-state index is -0.0881. The molecule has 0 aliphatic carbocycles. The van der Waals surface area contributed by atoms with Crippen LogP contribution in [0.3, 0.4) is 0 Å². The number of methoxy groups -OCH3 is 1. The minimum absolute atomic E-state index is 0.0847. The minimum Gasteiger partial charge on any atom is -0.497 e. The lowest BCUT2D eigenvalue weighted by Crippen LogP contribution is -2.43. The number of amides is 1. The summed E-state index contributed by atoms with van der Waals surface area (Å²) in [5, 5.41) is 3.08. The molecule has 0 unspecified atom stereocenters. The van der Waals surface area contributed by atoms with E-state index in [0.717, 1.165) is 30.2 Å². The summed E-state index contributed by atoms with van der Waals surface area (Å²) in [7, 11) is 1.66. The van der Waals surface area contributed by atoms with E-state index in [0.29, 0.717) is 31.9 Å². The maximum atomic E-state index is 12.6. The Hall–Kier alpha value is -2.57. The zero-order valence-electron chi connectivity index (χ0n) is 16.5. The Morgan fingerprint density at radius 2 is 1.71 bits per heavy atom. The lowest BCUT2D eigenvalue weighted by Gasteiger charge is -2.35. The van der Waals surface area contributed by atoms with Crippen LogP contribution in [0.2, 0.25) is 0 Å². The van der Waals surface area contributed by atoms with Crippen LogP contribution < -0.4 is 14.8 Å². The van der Waals surface area contributed by atoms with Gasteiger partial charge in [0.25, 0.3) is 5.91 Å². The second kappa shape index (κ2) is 10.1. The Bertz CT molecular complexity index is 740. The van der Waals surface area contributed by atoms with Crippen LogP contribution in [0.5, 0.6) is 11.5 Å². The molecule has 0 radical (unpaired) electrons. The average Bonchev–Trinajstić information content (AvgIpc) is 2.76. The lowest BCUT2D eigenvalue weighted by atomic mass is 10.0. The summed E-state index contributed by atoms with van der Waals surface area (Å²) in [6.07, 6.45) is 0. The molecular weight excluding hydrogens is 356 g/mol. The van der Waals surface area contributed by atoms with E-state index in [1.165, 1.54) is 0 Å². The second-order valence-electron chi connectivity index (χ2n) is 6.60. The fourth-order valence-electron chi connectivity index (χ4n) is 3.33. The van der Waals surface area contributed by atoms with Crippen molar-refractivity contribution in [2.24, 2.45) is 0 Å². The number of benzene rings is 2. The van der Waals surface area contributed by atoms with E-state index in [1.54, 1.807) is 19.2 Å². The van der Waals surface area contributed by atoms with Crippen LogP contribution in [0.25, 0.3) is 0 Å². The van der Waals surface area contributed by atoms with Crippen molar-refractivity contribution >= 4 is 5.91 Å². The molecular formula is C22H28N2O4. The fraction of sp³-hybridized carbons (Fsp3) is 0.409. The summed E-state index contributed by atoms with van der Waals surface area (Å²) in [6, 6.07) is 15.3. The zero-order chi connectivity index (χ0) is 19.8. The van der Waals surface area contributed by atoms with Gasteiger partial charge in [-0.1, -0.05) is 12.1 Å². The Balaban J connectivity index is 1.68. The summed E-state index contributed by atoms with van der Waals surface area (Å²) in [5.41, 5.74) is 1.77. The van der Waals surface area contributed by atoms with E-state index in [4.69, 9.17) is 14.2 Å². The van der Waals surface area contributed by atoms with Crippen molar-refractivity contribution in [1.82, 2.24) is 10.2 Å². The maximum absolute atomic E-state index is 12.6. The van der Waals surface area contributed by atoms with Gasteiger partial charge in [-0.05, 0) is 48.9 Å². The summed E-state index contributed by atoms with van der Waals surface area (Å²) < 4.78 is 16.2. The van der Waals surface area contributed by atoms with Gasteiger partial charge < -0.3 is 19.5 Å². The van der Waals surface area contributed by atoms with Crippen molar-refractivity contribution in [3.63, 3.8) is 0 Å². The zero-order valence-corrected chi connectivity index (χ0v) is 16.5. The highest BCUT2D eigenvalue weighted by Crippen LogP contribution is 2.24. The van der Waals surface area contributed by atoms with Crippen molar-refractivity contribution in [2.75, 3.05) is 46.6 Å². The summed E-state index contributed by atoms with van der Waals surface area (Å²) >= 11 is 0. The Kier molecular flexibility index (Phi) is 7.28. The molecule has 1 aliphatic heterocycles. The molecule has 150 valence electrons. The van der Waals surface area contributed by atoms with Gasteiger partial charge in [-0.15, -0.1) is 0 Å². The van der Waals surface area contributed by atoms with E-state index in [-0.39, 0.29) is 11.9 Å². The van der Waals surface area contributed by atoms with Gasteiger partial charge in [0.1, 0.15) is 11.5 Å². The Morgan fingerprint density at radius 3 is 2.32 bits per heavy atom. The van der Waals surface area contributed by atoms with Crippen molar-refractivity contribution in [3.8, 4) is 11.5 Å². The molecule has 0 saturated carbocycles. The molecule has 1 atom stereocenters. The Morgan fingerprint density at radius 1 is 1.07 bits per heavy atom. The number of rotatable bonds is 8. The molecule has 3 rings (SSSR count). The highest BCUT2D eigenvalue weighted by molar-refractivity contribution is 5.94. The molecule has 1 aliphatic rings. The number of nitrogens with zero attached hydrogens (tertiary/aromatic N) is 1. The van der Waals surface area contributed by atoms with Crippen molar-refractivity contribution < 1.29 is 19.0 Å². The number of morpholine rings is 1. The molecule has 0 aromatic heterocycles. The van der Waals surface area contributed by atoms with Crippen molar-refractivity contribution in [3.05, 3.63) is 59.7 Å². The predicted octanol–water partition coefficient (Wildman–Crippen LogP) is 2.90. The van der Waals surface area contributed by atoms with E-state index >= 15 is 0 Å². The predicted molar refractivity (Wildman–Crippen MR) is 108 cm³/mol. The van der Waals surface area contributed by atoms with Gasteiger partial charge in [0, 0.05) is 25.2 Å². The number of ether oxygens (including phenoxy) is 3. The Labute approximate surface area is 166 Å². The summed E-state index contributed by atoms with van der Waals surface area (Å²) in [4.78, 5) is 15.0. The number of nitrogens with one attached hydrogen (secondary N) is 1. The molecule has 1 amide bonds. The first-order chi connectivity index (χ1) is 13.7. The highest BCUT2D eigenvalue weighted by Gasteiger charge is 2.23. The fourth-order valence-corrected chi connectivity index (χ4v) is 3.33. The first kappa shape index (κ1) is 20.2. The smallest absolute Gasteiger partial charge is 0.251 e. The molecule has 28 heavy (non-hydrogen) atoms. The van der Waals surface area contributed by atoms with Gasteiger partial charge in [0.15, 0.2) is 0 Å². The molecule has 1 saturated heterocycles. The van der Waals surface area contributed by atoms with E-state index in [1.807, 2.05) is 31.2 Å². The van der Waals surface area contributed by atoms with Crippen LogP contribution >= 0.6 is 0 Å². The van der Waals surface area contributed by atoms with Gasteiger partial charge in [-0.3, -0.25) is 9.69 Å². The van der Waals surface area contributed by atoms with Crippen molar-refractivity contribution in [1.29, 1.82) is 0 Å². The van der Waals surface area contributed by atoms with Crippen LogP contribution in [0.4, 0.5) is 0 Å². The molecule has 1 fully saturated rings. The summed E-state index contributed by atoms with van der Waals surface area (Å²) in [6.45, 7) is 6.17. The maximum Gasteiger partial charge on any atom is 0.251 e. The van der Waals surface area contributed by atoms with Crippen LogP contribution in [0.15, 0.2) is 48.5 Å². The number of hydrogen-bond donors (Lipinski definition) is 1. The quantitative estimate of drug-likeness (QED) is 0.758. The molecule has 0 bridgehead atoms. The first-order valence-electron chi connectivity index (χ1n) is 9.68. The molecule has 0 spiro atoms. The van der Waals surface area contributed by atoms with Crippen LogP contribution in [0.1, 0.15) is 28.9 Å². The van der Waals surface area contributed by atoms with E-state index < -0.39 is 0 Å². The van der Waals surface area contributed by atoms with E-state index in [2.05, 4.69) is 22.3 Å². The molecule has 2 aromatic rings. The number of hydrogen-bond acceptors (Lipinski definition) is 5. The third kappa shape index (κ3) is 5.24.